The van der Waals surface area contributed by atoms with Gasteiger partial charge in [0.2, 0.25) is 0 Å². The van der Waals surface area contributed by atoms with Gasteiger partial charge in [0.05, 0.1) is 6.61 Å². The molecule has 0 saturated carbocycles. The summed E-state index contributed by atoms with van der Waals surface area (Å²) in [6.45, 7) is 7.78. The van der Waals surface area contributed by atoms with E-state index in [1.807, 2.05) is 0 Å². The summed E-state index contributed by atoms with van der Waals surface area (Å²) in [5.41, 5.74) is 9.59. The molecule has 1 saturated heterocycles. The Morgan fingerprint density at radius 3 is 2.56 bits per heavy atom. The summed E-state index contributed by atoms with van der Waals surface area (Å²) >= 11 is 0. The Balaban J connectivity index is 2.06. The van der Waals surface area contributed by atoms with Crippen LogP contribution in [0.1, 0.15) is 11.1 Å². The molecule has 1 aliphatic heterocycles. The highest BCUT2D eigenvalue weighted by molar-refractivity contribution is 5.55. The zero-order valence-electron chi connectivity index (χ0n) is 11.1. The molecule has 1 aromatic carbocycles. The molecular formula is C14H23N3O. The molecule has 0 unspecified atom stereocenters. The first-order valence-corrected chi connectivity index (χ1v) is 6.62. The van der Waals surface area contributed by atoms with Crippen molar-refractivity contribution in [3.8, 4) is 0 Å². The van der Waals surface area contributed by atoms with E-state index in [1.54, 1.807) is 0 Å². The molecule has 2 rings (SSSR count). The first kappa shape index (κ1) is 13.3. The molecule has 0 bridgehead atoms. The largest absolute Gasteiger partial charge is 0.395 e. The molecule has 3 N–H and O–H groups in total. The normalized spacial score (nSPS) is 17.2. The lowest BCUT2D eigenvalue weighted by Gasteiger charge is -2.36. The highest BCUT2D eigenvalue weighted by Crippen LogP contribution is 2.23. The van der Waals surface area contributed by atoms with Crippen LogP contribution in [0.5, 0.6) is 0 Å². The molecule has 0 amide bonds. The predicted molar refractivity (Wildman–Crippen MR) is 74.8 cm³/mol. The fourth-order valence-electron chi connectivity index (χ4n) is 2.49. The Kier molecular flexibility index (Phi) is 4.58. The van der Waals surface area contributed by atoms with Crippen LogP contribution in [0, 0.1) is 6.92 Å². The van der Waals surface area contributed by atoms with E-state index in [9.17, 15) is 0 Å². The summed E-state index contributed by atoms with van der Waals surface area (Å²) in [5, 5.41) is 8.95. The van der Waals surface area contributed by atoms with E-state index in [4.69, 9.17) is 10.8 Å². The average molecular weight is 249 g/mol. The zero-order chi connectivity index (χ0) is 13.0. The molecule has 4 heteroatoms. The van der Waals surface area contributed by atoms with Crippen LogP contribution in [0.2, 0.25) is 0 Å². The topological polar surface area (TPSA) is 52.7 Å². The Morgan fingerprint density at radius 1 is 1.22 bits per heavy atom. The second-order valence-corrected chi connectivity index (χ2v) is 4.89. The second kappa shape index (κ2) is 6.18. The molecule has 1 aliphatic rings. The molecule has 18 heavy (non-hydrogen) atoms. The highest BCUT2D eigenvalue weighted by Gasteiger charge is 2.18. The maximum absolute atomic E-state index is 8.95. The molecule has 4 nitrogen and oxygen atoms in total. The fourth-order valence-corrected chi connectivity index (χ4v) is 2.49. The Labute approximate surface area is 109 Å². The number of hydrogen-bond donors (Lipinski definition) is 2. The summed E-state index contributed by atoms with van der Waals surface area (Å²) < 4.78 is 0. The molecule has 1 heterocycles. The van der Waals surface area contributed by atoms with Crippen molar-refractivity contribution < 1.29 is 5.11 Å². The Hall–Kier alpha value is -1.10. The van der Waals surface area contributed by atoms with Crippen molar-refractivity contribution in [3.05, 3.63) is 29.3 Å². The Morgan fingerprint density at radius 2 is 1.94 bits per heavy atom. The zero-order valence-corrected chi connectivity index (χ0v) is 11.1. The molecule has 0 aromatic heterocycles. The van der Waals surface area contributed by atoms with Crippen LogP contribution in [0.15, 0.2) is 18.2 Å². The number of nitrogens with two attached hydrogens (primary N) is 1. The summed E-state index contributed by atoms with van der Waals surface area (Å²) in [4.78, 5) is 4.71. The van der Waals surface area contributed by atoms with Gasteiger partial charge in [0.15, 0.2) is 0 Å². The standard InChI is InChI=1S/C14H23N3O/c1-12-2-3-13(11-15)14(10-12)17-6-4-16(5-7-17)8-9-18/h2-3,10,18H,4-9,11,15H2,1H3. The third kappa shape index (κ3) is 3.02. The first-order valence-electron chi connectivity index (χ1n) is 6.62. The molecule has 100 valence electrons. The molecule has 1 fully saturated rings. The lowest BCUT2D eigenvalue weighted by Crippen LogP contribution is -2.47. The number of aliphatic hydroxyl groups is 1. The van der Waals surface area contributed by atoms with E-state index in [2.05, 4.69) is 34.9 Å². The quantitative estimate of drug-likeness (QED) is 0.819. The van der Waals surface area contributed by atoms with Gasteiger partial charge in [0.1, 0.15) is 0 Å². The van der Waals surface area contributed by atoms with Crippen LogP contribution in [0.3, 0.4) is 0 Å². The van der Waals surface area contributed by atoms with Crippen molar-refractivity contribution >= 4 is 5.69 Å². The van der Waals surface area contributed by atoms with Gasteiger partial charge >= 0.3 is 0 Å². The number of rotatable bonds is 4. The number of nitrogens with zero attached hydrogens (tertiary/aromatic N) is 2. The minimum atomic E-state index is 0.249. The molecule has 1 aromatic rings. The molecule has 0 aliphatic carbocycles. The third-order valence-electron chi connectivity index (χ3n) is 3.59. The lowest BCUT2D eigenvalue weighted by molar-refractivity contribution is 0.188. The van der Waals surface area contributed by atoms with Gasteiger partial charge in [-0.1, -0.05) is 12.1 Å². The van der Waals surface area contributed by atoms with Crippen LogP contribution in [0.4, 0.5) is 5.69 Å². The summed E-state index contributed by atoms with van der Waals surface area (Å²) in [6.07, 6.45) is 0. The van der Waals surface area contributed by atoms with Crippen LogP contribution < -0.4 is 10.6 Å². The molecule has 0 radical (unpaired) electrons. The van der Waals surface area contributed by atoms with Gasteiger partial charge in [-0.2, -0.15) is 0 Å². The fraction of sp³-hybridized carbons (Fsp3) is 0.571. The van der Waals surface area contributed by atoms with Gasteiger partial charge in [-0.05, 0) is 24.1 Å². The highest BCUT2D eigenvalue weighted by atomic mass is 16.3. The van der Waals surface area contributed by atoms with Gasteiger partial charge in [-0.15, -0.1) is 0 Å². The van der Waals surface area contributed by atoms with Gasteiger partial charge in [-0.25, -0.2) is 0 Å². The van der Waals surface area contributed by atoms with E-state index < -0.39 is 0 Å². The Bertz CT molecular complexity index is 387. The summed E-state index contributed by atoms with van der Waals surface area (Å²) in [7, 11) is 0. The maximum atomic E-state index is 8.95. The van der Waals surface area contributed by atoms with Gasteiger partial charge in [-0.3, -0.25) is 4.90 Å². The summed E-state index contributed by atoms with van der Waals surface area (Å²) in [6, 6.07) is 6.47. The van der Waals surface area contributed by atoms with Crippen molar-refractivity contribution in [1.29, 1.82) is 0 Å². The van der Waals surface area contributed by atoms with E-state index in [-0.39, 0.29) is 6.61 Å². The number of anilines is 1. The van der Waals surface area contributed by atoms with E-state index in [0.29, 0.717) is 6.54 Å². The minimum Gasteiger partial charge on any atom is -0.395 e. The predicted octanol–water partition coefficient (Wildman–Crippen LogP) is 0.568. The number of aliphatic hydroxyl groups excluding tert-OH is 1. The number of aryl methyl sites for hydroxylation is 1. The monoisotopic (exact) mass is 249 g/mol. The maximum Gasteiger partial charge on any atom is 0.0558 e. The average Bonchev–Trinajstić information content (AvgIpc) is 2.40. The summed E-state index contributed by atoms with van der Waals surface area (Å²) in [5.74, 6) is 0. The van der Waals surface area contributed by atoms with Crippen molar-refractivity contribution in [3.63, 3.8) is 0 Å². The van der Waals surface area contributed by atoms with E-state index >= 15 is 0 Å². The van der Waals surface area contributed by atoms with Crippen molar-refractivity contribution in [1.82, 2.24) is 4.90 Å². The SMILES string of the molecule is Cc1ccc(CN)c(N2CCN(CCO)CC2)c1. The smallest absolute Gasteiger partial charge is 0.0558 e. The van der Waals surface area contributed by atoms with Gasteiger partial charge in [0.25, 0.3) is 0 Å². The number of piperazine rings is 1. The van der Waals surface area contributed by atoms with Crippen molar-refractivity contribution in [2.45, 2.75) is 13.5 Å². The van der Waals surface area contributed by atoms with Crippen molar-refractivity contribution in [2.75, 3.05) is 44.2 Å². The molecule has 0 spiro atoms. The number of β-amino-alcohol motifs (C(OH)–C–C–N with tert-alkyl or cyclic N) is 1. The third-order valence-corrected chi connectivity index (χ3v) is 3.59. The van der Waals surface area contributed by atoms with Crippen molar-refractivity contribution in [2.24, 2.45) is 5.73 Å². The first-order chi connectivity index (χ1) is 8.74. The van der Waals surface area contributed by atoms with Gasteiger partial charge < -0.3 is 15.7 Å². The minimum absolute atomic E-state index is 0.249. The van der Waals surface area contributed by atoms with E-state index in [0.717, 1.165) is 32.7 Å². The number of benzene rings is 1. The van der Waals surface area contributed by atoms with Crippen LogP contribution in [-0.4, -0.2) is 49.3 Å². The molecular weight excluding hydrogens is 226 g/mol. The van der Waals surface area contributed by atoms with Crippen LogP contribution >= 0.6 is 0 Å². The lowest BCUT2D eigenvalue weighted by atomic mass is 10.1. The van der Waals surface area contributed by atoms with E-state index in [1.165, 1.54) is 16.8 Å². The second-order valence-electron chi connectivity index (χ2n) is 4.89. The molecule has 0 atom stereocenters. The van der Waals surface area contributed by atoms with Crippen LogP contribution in [-0.2, 0) is 6.54 Å². The van der Waals surface area contributed by atoms with Crippen LogP contribution in [0.25, 0.3) is 0 Å². The van der Waals surface area contributed by atoms with Gasteiger partial charge in [0, 0.05) is 45.0 Å². The number of hydrogen-bond acceptors (Lipinski definition) is 4.